The summed E-state index contributed by atoms with van der Waals surface area (Å²) >= 11 is 0. The second kappa shape index (κ2) is 3.70. The molecule has 1 N–H and O–H groups in total. The first-order valence-corrected chi connectivity index (χ1v) is 6.45. The third-order valence-electron chi connectivity index (χ3n) is 3.68. The zero-order valence-electron chi connectivity index (χ0n) is 10.1. The predicted molar refractivity (Wildman–Crippen MR) is 73.5 cm³/mol. The predicted octanol–water partition coefficient (Wildman–Crippen LogP) is 4.11. The van der Waals surface area contributed by atoms with Gasteiger partial charge in [-0.05, 0) is 36.5 Å². The van der Waals surface area contributed by atoms with Gasteiger partial charge in [-0.1, -0.05) is 36.4 Å². The van der Waals surface area contributed by atoms with Gasteiger partial charge in [0.15, 0.2) is 0 Å². The lowest BCUT2D eigenvalue weighted by atomic mass is 10.0. The number of fused-ring (bicyclic) bond motifs is 1. The van der Waals surface area contributed by atoms with Crippen LogP contribution in [0.5, 0.6) is 0 Å². The summed E-state index contributed by atoms with van der Waals surface area (Å²) in [4.78, 5) is 0. The van der Waals surface area contributed by atoms with Gasteiger partial charge >= 0.3 is 0 Å². The Morgan fingerprint density at radius 1 is 1.00 bits per heavy atom. The topological polar surface area (TPSA) is 28.7 Å². The molecule has 0 unspecified atom stereocenters. The van der Waals surface area contributed by atoms with Crippen molar-refractivity contribution < 1.29 is 0 Å². The average molecular weight is 234 g/mol. The first-order chi connectivity index (χ1) is 8.92. The highest BCUT2D eigenvalue weighted by Crippen LogP contribution is 2.41. The van der Waals surface area contributed by atoms with Crippen molar-refractivity contribution in [3.8, 4) is 11.3 Å². The first kappa shape index (κ1) is 9.89. The van der Waals surface area contributed by atoms with Crippen LogP contribution >= 0.6 is 0 Å². The van der Waals surface area contributed by atoms with Gasteiger partial charge < -0.3 is 0 Å². The molecule has 3 aromatic rings. The quantitative estimate of drug-likeness (QED) is 0.710. The van der Waals surface area contributed by atoms with Crippen LogP contribution in [0.3, 0.4) is 0 Å². The van der Waals surface area contributed by atoms with Crippen LogP contribution in [0, 0.1) is 0 Å². The monoisotopic (exact) mass is 234 g/mol. The van der Waals surface area contributed by atoms with Crippen molar-refractivity contribution in [2.45, 2.75) is 18.8 Å². The van der Waals surface area contributed by atoms with Crippen molar-refractivity contribution in [2.24, 2.45) is 0 Å². The van der Waals surface area contributed by atoms with E-state index in [1.54, 1.807) is 0 Å². The van der Waals surface area contributed by atoms with Crippen LogP contribution in [0.25, 0.3) is 22.2 Å². The van der Waals surface area contributed by atoms with Crippen molar-refractivity contribution in [1.82, 2.24) is 10.2 Å². The molecule has 4 rings (SSSR count). The van der Waals surface area contributed by atoms with Gasteiger partial charge in [-0.15, -0.1) is 0 Å². The molecule has 1 aliphatic rings. The Bertz CT molecular complexity index is 693. The molecule has 0 aliphatic heterocycles. The molecule has 0 bridgehead atoms. The summed E-state index contributed by atoms with van der Waals surface area (Å²) in [6.45, 7) is 0. The van der Waals surface area contributed by atoms with Gasteiger partial charge in [0.25, 0.3) is 0 Å². The van der Waals surface area contributed by atoms with Gasteiger partial charge in [-0.3, -0.25) is 5.10 Å². The minimum Gasteiger partial charge on any atom is -0.277 e. The van der Waals surface area contributed by atoms with E-state index in [2.05, 4.69) is 52.7 Å². The Hall–Kier alpha value is -2.09. The number of H-pyrrole nitrogens is 1. The fraction of sp³-hybridized carbons (Fsp3) is 0.188. The second-order valence-corrected chi connectivity index (χ2v) is 5.02. The van der Waals surface area contributed by atoms with Crippen molar-refractivity contribution in [3.05, 3.63) is 54.1 Å². The lowest BCUT2D eigenvalue weighted by molar-refractivity contribution is 1.12. The van der Waals surface area contributed by atoms with Crippen LogP contribution in [0.15, 0.2) is 48.5 Å². The molecule has 1 heterocycles. The Balaban J connectivity index is 1.92. The molecule has 0 saturated heterocycles. The molecule has 2 aromatic carbocycles. The van der Waals surface area contributed by atoms with Gasteiger partial charge in [-0.25, -0.2) is 0 Å². The van der Waals surface area contributed by atoms with E-state index in [4.69, 9.17) is 0 Å². The fourth-order valence-electron chi connectivity index (χ4n) is 2.52. The molecule has 1 aromatic heterocycles. The van der Waals surface area contributed by atoms with Gasteiger partial charge in [0, 0.05) is 10.9 Å². The summed E-state index contributed by atoms with van der Waals surface area (Å²) in [7, 11) is 0. The summed E-state index contributed by atoms with van der Waals surface area (Å²) in [6, 6.07) is 17.1. The maximum Gasteiger partial charge on any atom is 0.0999 e. The molecular formula is C16H14N2. The summed E-state index contributed by atoms with van der Waals surface area (Å²) in [5.74, 6) is 0.785. The second-order valence-electron chi connectivity index (χ2n) is 5.02. The lowest BCUT2D eigenvalue weighted by Gasteiger charge is -2.00. The minimum atomic E-state index is 0.785. The van der Waals surface area contributed by atoms with Gasteiger partial charge in [-0.2, -0.15) is 5.10 Å². The molecule has 0 radical (unpaired) electrons. The number of rotatable bonds is 2. The van der Waals surface area contributed by atoms with E-state index in [-0.39, 0.29) is 0 Å². The molecule has 1 saturated carbocycles. The Morgan fingerprint density at radius 2 is 1.83 bits per heavy atom. The normalized spacial score (nSPS) is 15.1. The summed E-state index contributed by atoms with van der Waals surface area (Å²) in [6.07, 6.45) is 2.67. The Kier molecular flexibility index (Phi) is 2.04. The van der Waals surface area contributed by atoms with Crippen LogP contribution in [-0.4, -0.2) is 10.2 Å². The van der Waals surface area contributed by atoms with Gasteiger partial charge in [0.2, 0.25) is 0 Å². The highest BCUT2D eigenvalue weighted by molar-refractivity contribution is 5.93. The highest BCUT2D eigenvalue weighted by Gasteiger charge is 2.24. The number of hydrogen-bond donors (Lipinski definition) is 1. The van der Waals surface area contributed by atoms with E-state index in [0.717, 1.165) is 17.1 Å². The number of hydrogen-bond acceptors (Lipinski definition) is 1. The number of nitrogens with zero attached hydrogens (tertiary/aromatic N) is 1. The largest absolute Gasteiger partial charge is 0.277 e. The summed E-state index contributed by atoms with van der Waals surface area (Å²) < 4.78 is 0. The minimum absolute atomic E-state index is 0.785. The molecule has 0 amide bonds. The third-order valence-corrected chi connectivity index (χ3v) is 3.68. The molecule has 88 valence electrons. The SMILES string of the molecule is c1ccc(-c2n[nH]c3ccc(C4CC4)cc23)cc1. The molecule has 0 spiro atoms. The molecule has 1 fully saturated rings. The van der Waals surface area contributed by atoms with Crippen molar-refractivity contribution in [3.63, 3.8) is 0 Å². The van der Waals surface area contributed by atoms with E-state index < -0.39 is 0 Å². The number of aromatic nitrogens is 2. The molecule has 1 aliphatic carbocycles. The van der Waals surface area contributed by atoms with E-state index >= 15 is 0 Å². The standard InChI is InChI=1S/C16H14N2/c1-2-4-12(5-3-1)16-14-10-13(11-6-7-11)8-9-15(14)17-18-16/h1-5,8-11H,6-7H2,(H,17,18). The van der Waals surface area contributed by atoms with E-state index in [9.17, 15) is 0 Å². The van der Waals surface area contributed by atoms with Crippen molar-refractivity contribution in [2.75, 3.05) is 0 Å². The number of aromatic amines is 1. The highest BCUT2D eigenvalue weighted by atomic mass is 15.1. The van der Waals surface area contributed by atoms with Crippen LogP contribution in [-0.2, 0) is 0 Å². The maximum atomic E-state index is 4.46. The summed E-state index contributed by atoms with van der Waals surface area (Å²) in [5.41, 5.74) is 4.82. The Morgan fingerprint density at radius 3 is 2.61 bits per heavy atom. The van der Waals surface area contributed by atoms with Gasteiger partial charge in [0.05, 0.1) is 11.2 Å². The first-order valence-electron chi connectivity index (χ1n) is 6.45. The third kappa shape index (κ3) is 1.53. The number of nitrogens with one attached hydrogen (secondary N) is 1. The van der Waals surface area contributed by atoms with Crippen molar-refractivity contribution >= 4 is 10.9 Å². The molecule has 18 heavy (non-hydrogen) atoms. The molecule has 2 nitrogen and oxygen atoms in total. The molecule has 2 heteroatoms. The smallest absolute Gasteiger partial charge is 0.0999 e. The van der Waals surface area contributed by atoms with E-state index in [1.165, 1.54) is 29.4 Å². The van der Waals surface area contributed by atoms with Crippen LogP contribution in [0.2, 0.25) is 0 Å². The maximum absolute atomic E-state index is 4.46. The van der Waals surface area contributed by atoms with Gasteiger partial charge in [0.1, 0.15) is 0 Å². The van der Waals surface area contributed by atoms with Crippen LogP contribution < -0.4 is 0 Å². The van der Waals surface area contributed by atoms with Crippen LogP contribution in [0.4, 0.5) is 0 Å². The van der Waals surface area contributed by atoms with E-state index in [1.807, 2.05) is 6.07 Å². The average Bonchev–Trinajstić information content (AvgIpc) is 3.19. The van der Waals surface area contributed by atoms with Crippen molar-refractivity contribution in [1.29, 1.82) is 0 Å². The fourth-order valence-corrected chi connectivity index (χ4v) is 2.52. The number of benzene rings is 2. The van der Waals surface area contributed by atoms with Crippen LogP contribution in [0.1, 0.15) is 24.3 Å². The zero-order chi connectivity index (χ0) is 11.9. The zero-order valence-corrected chi connectivity index (χ0v) is 10.1. The molecular weight excluding hydrogens is 220 g/mol. The summed E-state index contributed by atoms with van der Waals surface area (Å²) in [5, 5.41) is 8.83. The molecule has 0 atom stereocenters. The Labute approximate surface area is 106 Å². The van der Waals surface area contributed by atoms with E-state index in [0.29, 0.717) is 0 Å². The lowest BCUT2D eigenvalue weighted by Crippen LogP contribution is -1.80.